The minimum Gasteiger partial charge on any atom is -0.270 e. The molecule has 1 aromatic carbocycles. The van der Waals surface area contributed by atoms with Crippen LogP contribution in [0.2, 0.25) is 5.02 Å². The second-order valence-corrected chi connectivity index (χ2v) is 5.34. The smallest absolute Gasteiger partial charge is 0.264 e. The molecular formula is C10H13ClO3S. The minimum absolute atomic E-state index is 0.214. The molecule has 15 heavy (non-hydrogen) atoms. The van der Waals surface area contributed by atoms with Crippen LogP contribution >= 0.6 is 11.6 Å². The van der Waals surface area contributed by atoms with Gasteiger partial charge in [-0.1, -0.05) is 23.7 Å². The highest BCUT2D eigenvalue weighted by molar-refractivity contribution is 7.85. The van der Waals surface area contributed by atoms with E-state index in [0.717, 1.165) is 18.2 Å². The Morgan fingerprint density at radius 1 is 1.40 bits per heavy atom. The molecule has 0 amide bonds. The third kappa shape index (κ3) is 5.77. The second-order valence-electron chi connectivity index (χ2n) is 3.26. The van der Waals surface area contributed by atoms with Gasteiger partial charge in [-0.2, -0.15) is 8.42 Å². The Morgan fingerprint density at radius 3 is 2.73 bits per heavy atom. The van der Waals surface area contributed by atoms with Gasteiger partial charge in [-0.15, -0.1) is 0 Å². The lowest BCUT2D eigenvalue weighted by atomic mass is 10.1. The summed E-state index contributed by atoms with van der Waals surface area (Å²) in [5, 5.41) is 0.691. The van der Waals surface area contributed by atoms with Gasteiger partial charge in [-0.25, -0.2) is 0 Å². The van der Waals surface area contributed by atoms with E-state index >= 15 is 0 Å². The molecule has 1 aromatic rings. The van der Waals surface area contributed by atoms with E-state index in [1.165, 1.54) is 0 Å². The van der Waals surface area contributed by atoms with E-state index in [-0.39, 0.29) is 6.61 Å². The number of aryl methyl sites for hydroxylation is 1. The van der Waals surface area contributed by atoms with E-state index in [1.807, 2.05) is 18.2 Å². The zero-order valence-corrected chi connectivity index (χ0v) is 10.0. The molecule has 5 heteroatoms. The fourth-order valence-electron chi connectivity index (χ4n) is 1.18. The second kappa shape index (κ2) is 5.49. The fraction of sp³-hybridized carbons (Fsp3) is 0.400. The van der Waals surface area contributed by atoms with E-state index in [2.05, 4.69) is 4.18 Å². The topological polar surface area (TPSA) is 43.4 Å². The molecule has 0 radical (unpaired) electrons. The predicted octanol–water partition coefficient (Wildman–Crippen LogP) is 2.25. The number of benzene rings is 1. The summed E-state index contributed by atoms with van der Waals surface area (Å²) in [7, 11) is -3.31. The molecule has 0 spiro atoms. The summed E-state index contributed by atoms with van der Waals surface area (Å²) < 4.78 is 25.9. The Kier molecular flexibility index (Phi) is 4.57. The first-order valence-electron chi connectivity index (χ1n) is 4.56. The summed E-state index contributed by atoms with van der Waals surface area (Å²) >= 11 is 5.80. The Morgan fingerprint density at radius 2 is 2.13 bits per heavy atom. The van der Waals surface area contributed by atoms with Crippen molar-refractivity contribution < 1.29 is 12.6 Å². The van der Waals surface area contributed by atoms with Crippen molar-refractivity contribution in [2.24, 2.45) is 0 Å². The lowest BCUT2D eigenvalue weighted by Gasteiger charge is -2.02. The molecule has 84 valence electrons. The van der Waals surface area contributed by atoms with Gasteiger partial charge in [-0.05, 0) is 30.5 Å². The fourth-order valence-corrected chi connectivity index (χ4v) is 1.81. The molecule has 0 saturated heterocycles. The van der Waals surface area contributed by atoms with Gasteiger partial charge in [0.05, 0.1) is 12.9 Å². The third-order valence-electron chi connectivity index (χ3n) is 1.80. The Hall–Kier alpha value is -0.580. The Bertz CT molecular complexity index is 414. The summed E-state index contributed by atoms with van der Waals surface area (Å²) in [6, 6.07) is 7.49. The average molecular weight is 249 g/mol. The highest BCUT2D eigenvalue weighted by atomic mass is 35.5. The number of rotatable bonds is 5. The first-order chi connectivity index (χ1) is 6.97. The first kappa shape index (κ1) is 12.5. The normalized spacial score (nSPS) is 11.6. The molecule has 1 rings (SSSR count). The predicted molar refractivity (Wildman–Crippen MR) is 60.6 cm³/mol. The Balaban J connectivity index is 2.32. The van der Waals surface area contributed by atoms with Gasteiger partial charge in [0.15, 0.2) is 0 Å². The first-order valence-corrected chi connectivity index (χ1v) is 6.76. The molecule has 0 bridgehead atoms. The van der Waals surface area contributed by atoms with Crippen LogP contribution in [0.4, 0.5) is 0 Å². The quantitative estimate of drug-likeness (QED) is 0.593. The van der Waals surface area contributed by atoms with Crippen LogP contribution < -0.4 is 0 Å². The van der Waals surface area contributed by atoms with Gasteiger partial charge in [0.1, 0.15) is 0 Å². The zero-order chi connectivity index (χ0) is 11.3. The molecule has 0 aromatic heterocycles. The van der Waals surface area contributed by atoms with E-state index in [4.69, 9.17) is 11.6 Å². The van der Waals surface area contributed by atoms with Crippen LogP contribution in [0.3, 0.4) is 0 Å². The van der Waals surface area contributed by atoms with Crippen molar-refractivity contribution in [3.05, 3.63) is 34.9 Å². The molecule has 0 aliphatic heterocycles. The summed E-state index contributed by atoms with van der Waals surface area (Å²) in [5.74, 6) is 0. The maximum atomic E-state index is 10.7. The molecule has 0 heterocycles. The van der Waals surface area contributed by atoms with Gasteiger partial charge in [0.2, 0.25) is 0 Å². The highest BCUT2D eigenvalue weighted by Gasteiger charge is 2.01. The van der Waals surface area contributed by atoms with E-state index in [9.17, 15) is 8.42 Å². The van der Waals surface area contributed by atoms with Crippen LogP contribution in [0.1, 0.15) is 12.0 Å². The van der Waals surface area contributed by atoms with Gasteiger partial charge >= 0.3 is 0 Å². The third-order valence-corrected chi connectivity index (χ3v) is 2.63. The van der Waals surface area contributed by atoms with Crippen molar-refractivity contribution in [2.45, 2.75) is 12.8 Å². The lowest BCUT2D eigenvalue weighted by molar-refractivity contribution is 0.316. The highest BCUT2D eigenvalue weighted by Crippen LogP contribution is 2.12. The van der Waals surface area contributed by atoms with Gasteiger partial charge < -0.3 is 0 Å². The van der Waals surface area contributed by atoms with Crippen molar-refractivity contribution in [3.63, 3.8) is 0 Å². The standard InChI is InChI=1S/C10H13ClO3S/c1-15(12,13)14-7-3-5-9-4-2-6-10(11)8-9/h2,4,6,8H,3,5,7H2,1H3. The van der Waals surface area contributed by atoms with Crippen LogP contribution in [0, 0.1) is 0 Å². The number of hydrogen-bond donors (Lipinski definition) is 0. The van der Waals surface area contributed by atoms with Crippen LogP contribution in [0.5, 0.6) is 0 Å². The molecule has 0 atom stereocenters. The van der Waals surface area contributed by atoms with Crippen molar-refractivity contribution in [3.8, 4) is 0 Å². The van der Waals surface area contributed by atoms with Crippen LogP contribution in [-0.4, -0.2) is 21.3 Å². The molecule has 0 saturated carbocycles. The molecular weight excluding hydrogens is 236 g/mol. The van der Waals surface area contributed by atoms with Gasteiger partial charge in [0, 0.05) is 5.02 Å². The number of halogens is 1. The largest absolute Gasteiger partial charge is 0.270 e. The monoisotopic (exact) mass is 248 g/mol. The molecule has 0 aliphatic rings. The van der Waals surface area contributed by atoms with E-state index < -0.39 is 10.1 Å². The van der Waals surface area contributed by atoms with Gasteiger partial charge in [0.25, 0.3) is 10.1 Å². The van der Waals surface area contributed by atoms with Crippen LogP contribution in [0.15, 0.2) is 24.3 Å². The average Bonchev–Trinajstić information content (AvgIpc) is 2.11. The summed E-state index contributed by atoms with van der Waals surface area (Å²) in [5.41, 5.74) is 1.08. The van der Waals surface area contributed by atoms with E-state index in [1.54, 1.807) is 6.07 Å². The molecule has 0 fully saturated rings. The van der Waals surface area contributed by atoms with Crippen LogP contribution in [-0.2, 0) is 20.7 Å². The van der Waals surface area contributed by atoms with Crippen molar-refractivity contribution in [1.82, 2.24) is 0 Å². The van der Waals surface area contributed by atoms with Crippen LogP contribution in [0.25, 0.3) is 0 Å². The molecule has 0 N–H and O–H groups in total. The minimum atomic E-state index is -3.31. The maximum absolute atomic E-state index is 10.7. The maximum Gasteiger partial charge on any atom is 0.264 e. The SMILES string of the molecule is CS(=O)(=O)OCCCc1cccc(Cl)c1. The van der Waals surface area contributed by atoms with Crippen molar-refractivity contribution >= 4 is 21.7 Å². The van der Waals surface area contributed by atoms with Crippen molar-refractivity contribution in [1.29, 1.82) is 0 Å². The van der Waals surface area contributed by atoms with E-state index in [0.29, 0.717) is 11.4 Å². The number of hydrogen-bond acceptors (Lipinski definition) is 3. The summed E-state index contributed by atoms with van der Waals surface area (Å²) in [6.07, 6.45) is 2.47. The molecule has 0 aliphatic carbocycles. The summed E-state index contributed by atoms with van der Waals surface area (Å²) in [4.78, 5) is 0. The molecule has 3 nitrogen and oxygen atoms in total. The van der Waals surface area contributed by atoms with Gasteiger partial charge in [-0.3, -0.25) is 4.18 Å². The zero-order valence-electron chi connectivity index (χ0n) is 8.44. The summed E-state index contributed by atoms with van der Waals surface area (Å²) in [6.45, 7) is 0.214. The van der Waals surface area contributed by atoms with Crippen molar-refractivity contribution in [2.75, 3.05) is 12.9 Å². The Labute approximate surface area is 95.1 Å². The molecule has 0 unspecified atom stereocenters. The lowest BCUT2D eigenvalue weighted by Crippen LogP contribution is -2.04.